The van der Waals surface area contributed by atoms with Crippen LogP contribution in [-0.4, -0.2) is 31.1 Å². The van der Waals surface area contributed by atoms with Crippen LogP contribution in [0.2, 0.25) is 0 Å². The highest BCUT2D eigenvalue weighted by Gasteiger charge is 2.22. The van der Waals surface area contributed by atoms with Gasteiger partial charge in [0.25, 0.3) is 0 Å². The maximum absolute atomic E-state index is 11.9. The van der Waals surface area contributed by atoms with Crippen LogP contribution in [0.1, 0.15) is 18.1 Å². The molecule has 8 nitrogen and oxygen atoms in total. The molecule has 0 atom stereocenters. The Morgan fingerprint density at radius 2 is 2.04 bits per heavy atom. The van der Waals surface area contributed by atoms with E-state index >= 15 is 0 Å². The first-order valence-corrected chi connectivity index (χ1v) is 8.61. The molecule has 0 aliphatic carbocycles. The monoisotopic (exact) mass is 380 g/mol. The lowest BCUT2D eigenvalue weighted by atomic mass is 10.1. The molecule has 1 aromatic heterocycles. The van der Waals surface area contributed by atoms with Crippen molar-refractivity contribution in [2.75, 3.05) is 0 Å². The normalized spacial score (nSPS) is 10.5. The zero-order valence-electron chi connectivity index (χ0n) is 15.5. The Morgan fingerprint density at radius 1 is 1.25 bits per heavy atom. The van der Waals surface area contributed by atoms with Crippen LogP contribution in [0.25, 0.3) is 17.1 Å². The Labute approximate surface area is 161 Å². The first kappa shape index (κ1) is 19.0. The van der Waals surface area contributed by atoms with Crippen molar-refractivity contribution in [1.29, 1.82) is 0 Å². The molecule has 0 radical (unpaired) electrons. The number of aromatic hydroxyl groups is 2. The third-order valence-corrected chi connectivity index (χ3v) is 4.12. The highest BCUT2D eigenvalue weighted by molar-refractivity contribution is 5.72. The molecule has 0 saturated carbocycles. The fourth-order valence-corrected chi connectivity index (χ4v) is 2.79. The molecule has 0 aliphatic rings. The molecule has 1 amide bonds. The lowest BCUT2D eigenvalue weighted by Crippen LogP contribution is -2.22. The number of nitrogens with one attached hydrogen (secondary N) is 1. The van der Waals surface area contributed by atoms with Gasteiger partial charge in [-0.2, -0.15) is 0 Å². The minimum Gasteiger partial charge on any atom is -0.508 e. The first-order chi connectivity index (χ1) is 13.4. The van der Waals surface area contributed by atoms with Gasteiger partial charge in [-0.25, -0.2) is 9.36 Å². The van der Waals surface area contributed by atoms with Gasteiger partial charge >= 0.3 is 12.1 Å². The summed E-state index contributed by atoms with van der Waals surface area (Å²) in [6.45, 7) is 7.22. The van der Waals surface area contributed by atoms with Crippen LogP contribution in [0.3, 0.4) is 0 Å². The maximum Gasteiger partial charge on any atom is 0.419 e. The number of aryl methyl sites for hydroxylation is 2. The predicted octanol–water partition coefficient (Wildman–Crippen LogP) is 3.45. The summed E-state index contributed by atoms with van der Waals surface area (Å²) in [7, 11) is 0. The molecule has 0 spiro atoms. The Morgan fingerprint density at radius 3 is 2.71 bits per heavy atom. The molecule has 8 heteroatoms. The van der Waals surface area contributed by atoms with Crippen molar-refractivity contribution >= 4 is 6.09 Å². The number of nitrogens with zero attached hydrogens (tertiary/aromatic N) is 3. The molecule has 0 bridgehead atoms. The highest BCUT2D eigenvalue weighted by atomic mass is 16.6. The van der Waals surface area contributed by atoms with Crippen LogP contribution in [0.4, 0.5) is 4.79 Å². The molecule has 3 N–H and O–H groups in total. The average Bonchev–Trinajstić information content (AvgIpc) is 3.05. The fraction of sp³-hybridized carbons (Fsp3) is 0.150. The summed E-state index contributed by atoms with van der Waals surface area (Å²) in [5, 5.41) is 30.8. The predicted molar refractivity (Wildman–Crippen MR) is 104 cm³/mol. The Kier molecular flexibility index (Phi) is 5.30. The number of ether oxygens (including phenoxy) is 1. The lowest BCUT2D eigenvalue weighted by Gasteiger charge is -2.13. The Bertz CT molecular complexity index is 1040. The lowest BCUT2D eigenvalue weighted by molar-refractivity contribution is 0.199. The maximum atomic E-state index is 11.9. The second-order valence-electron chi connectivity index (χ2n) is 6.07. The quantitative estimate of drug-likeness (QED) is 0.625. The van der Waals surface area contributed by atoms with Crippen molar-refractivity contribution in [2.24, 2.45) is 0 Å². The minimum atomic E-state index is -0.771. The van der Waals surface area contributed by atoms with Gasteiger partial charge in [-0.1, -0.05) is 30.7 Å². The van der Waals surface area contributed by atoms with Crippen molar-refractivity contribution in [3.05, 3.63) is 60.3 Å². The van der Waals surface area contributed by atoms with Gasteiger partial charge in [0.05, 0.1) is 11.3 Å². The van der Waals surface area contributed by atoms with E-state index < -0.39 is 6.09 Å². The van der Waals surface area contributed by atoms with Gasteiger partial charge in [0.15, 0.2) is 5.82 Å². The molecular weight excluding hydrogens is 360 g/mol. The van der Waals surface area contributed by atoms with E-state index in [0.29, 0.717) is 23.2 Å². The van der Waals surface area contributed by atoms with Gasteiger partial charge in [-0.05, 0) is 48.9 Å². The molecule has 2 aromatic carbocycles. The summed E-state index contributed by atoms with van der Waals surface area (Å²) in [4.78, 5) is 11.9. The second-order valence-corrected chi connectivity index (χ2v) is 6.07. The van der Waals surface area contributed by atoms with E-state index in [1.54, 1.807) is 12.1 Å². The van der Waals surface area contributed by atoms with Crippen LogP contribution >= 0.6 is 0 Å². The van der Waals surface area contributed by atoms with E-state index in [2.05, 4.69) is 22.1 Å². The summed E-state index contributed by atoms with van der Waals surface area (Å²) in [6.07, 6.45) is 0.977. The molecule has 0 fully saturated rings. The first-order valence-electron chi connectivity index (χ1n) is 8.61. The molecule has 0 saturated heterocycles. The van der Waals surface area contributed by atoms with E-state index in [9.17, 15) is 15.0 Å². The fourth-order valence-electron chi connectivity index (χ4n) is 2.79. The zero-order chi connectivity index (χ0) is 20.3. The number of hydrogen-bond acceptors (Lipinski definition) is 6. The number of phenolic OH excluding ortho intramolecular Hbond substituents is 2. The Hall–Kier alpha value is -3.81. The molecular formula is C20H20N4O4. The van der Waals surface area contributed by atoms with Gasteiger partial charge in [-0.15, -0.1) is 5.10 Å². The van der Waals surface area contributed by atoms with Crippen molar-refractivity contribution in [3.63, 3.8) is 0 Å². The number of aromatic nitrogens is 3. The van der Waals surface area contributed by atoms with Crippen LogP contribution in [0, 0.1) is 6.92 Å². The number of amides is 1. The average molecular weight is 380 g/mol. The largest absolute Gasteiger partial charge is 0.508 e. The topological polar surface area (TPSA) is 110 Å². The van der Waals surface area contributed by atoms with Gasteiger partial charge in [0, 0.05) is 6.07 Å². The SMILES string of the molecule is C=CNC(=O)Oc1nnc(-c2cc(CC)c(O)cc2O)n1-c1cccc(C)c1. The van der Waals surface area contributed by atoms with E-state index in [1.165, 1.54) is 16.8 Å². The van der Waals surface area contributed by atoms with Crippen molar-refractivity contribution in [1.82, 2.24) is 20.1 Å². The van der Waals surface area contributed by atoms with Gasteiger partial charge in [-0.3, -0.25) is 5.32 Å². The van der Waals surface area contributed by atoms with E-state index in [-0.39, 0.29) is 23.3 Å². The van der Waals surface area contributed by atoms with Crippen molar-refractivity contribution < 1.29 is 19.7 Å². The van der Waals surface area contributed by atoms with Crippen LogP contribution in [0.15, 0.2) is 49.2 Å². The summed E-state index contributed by atoms with van der Waals surface area (Å²) in [6, 6.07) is 10.2. The van der Waals surface area contributed by atoms with Crippen LogP contribution < -0.4 is 10.1 Å². The highest BCUT2D eigenvalue weighted by Crippen LogP contribution is 2.36. The standard InChI is InChI=1S/C20H20N4O4/c1-4-13-10-15(17(26)11-16(13)25)18-22-23-19(28-20(27)21-5-2)24(18)14-8-6-7-12(3)9-14/h5-11,25-26H,2,4H2,1,3H3,(H,21,27). The van der Waals surface area contributed by atoms with Gasteiger partial charge < -0.3 is 14.9 Å². The third kappa shape index (κ3) is 3.66. The number of carbonyl (C=O) groups excluding carboxylic acids is 1. The number of carbonyl (C=O) groups is 1. The summed E-state index contributed by atoms with van der Waals surface area (Å²) in [5.41, 5.74) is 2.61. The number of hydrogen-bond donors (Lipinski definition) is 3. The molecule has 28 heavy (non-hydrogen) atoms. The number of rotatable bonds is 5. The molecule has 3 aromatic rings. The number of benzene rings is 2. The van der Waals surface area contributed by atoms with Crippen molar-refractivity contribution in [2.45, 2.75) is 20.3 Å². The minimum absolute atomic E-state index is 0.00722. The molecule has 0 unspecified atom stereocenters. The summed E-state index contributed by atoms with van der Waals surface area (Å²) >= 11 is 0. The molecule has 1 heterocycles. The molecule has 0 aliphatic heterocycles. The second kappa shape index (κ2) is 7.83. The van der Waals surface area contributed by atoms with E-state index in [4.69, 9.17) is 4.74 Å². The van der Waals surface area contributed by atoms with Crippen LogP contribution in [-0.2, 0) is 6.42 Å². The summed E-state index contributed by atoms with van der Waals surface area (Å²) < 4.78 is 6.75. The van der Waals surface area contributed by atoms with Crippen LogP contribution in [0.5, 0.6) is 17.5 Å². The molecule has 144 valence electrons. The van der Waals surface area contributed by atoms with E-state index in [1.807, 2.05) is 32.0 Å². The van der Waals surface area contributed by atoms with Gasteiger partial charge in [0.2, 0.25) is 0 Å². The smallest absolute Gasteiger partial charge is 0.419 e. The van der Waals surface area contributed by atoms with Crippen molar-refractivity contribution in [3.8, 4) is 34.6 Å². The zero-order valence-corrected chi connectivity index (χ0v) is 15.5. The summed E-state index contributed by atoms with van der Waals surface area (Å²) in [5.74, 6) is 0.0875. The Balaban J connectivity index is 2.21. The van der Waals surface area contributed by atoms with E-state index in [0.717, 1.165) is 5.56 Å². The number of phenols is 2. The third-order valence-electron chi connectivity index (χ3n) is 4.12. The van der Waals surface area contributed by atoms with Gasteiger partial charge in [0.1, 0.15) is 11.5 Å². The molecule has 3 rings (SSSR count).